The Labute approximate surface area is 178 Å². The molecule has 0 aromatic carbocycles. The minimum Gasteiger partial charge on any atom is -0.475 e. The van der Waals surface area contributed by atoms with Crippen molar-refractivity contribution in [3.63, 3.8) is 0 Å². The fourth-order valence-corrected chi connectivity index (χ4v) is 5.27. The van der Waals surface area contributed by atoms with Crippen LogP contribution in [0, 0.1) is 12.8 Å². The third kappa shape index (κ3) is 6.15. The standard InChI is InChI=1S/C18H28N2O2S.C2HF3O2/c1-13-17(23-12-19-13)10-20-8-9-21-18-15(20)6-7-16(18)22-11-14-4-2-3-5-14;3-2(4,5)1(6)7/h12,14-16,18H,2-11H2,1H3;(H,6,7)/t15-,16+,18+;/m0./s1. The minimum absolute atomic E-state index is 0.276. The molecule has 1 aliphatic heterocycles. The zero-order chi connectivity index (χ0) is 21.7. The maximum atomic E-state index is 10.6. The lowest BCUT2D eigenvalue weighted by Crippen LogP contribution is -2.51. The van der Waals surface area contributed by atoms with Crippen molar-refractivity contribution in [3.05, 3.63) is 16.1 Å². The molecule has 0 spiro atoms. The molecule has 4 rings (SSSR count). The number of morpholine rings is 1. The summed E-state index contributed by atoms with van der Waals surface area (Å²) >= 11 is 1.78. The van der Waals surface area contributed by atoms with Gasteiger partial charge in [-0.1, -0.05) is 12.8 Å². The number of hydrogen-bond donors (Lipinski definition) is 1. The average molecular weight is 451 g/mol. The largest absolute Gasteiger partial charge is 0.490 e. The first-order valence-electron chi connectivity index (χ1n) is 10.4. The number of ether oxygens (including phenoxy) is 2. The smallest absolute Gasteiger partial charge is 0.475 e. The van der Waals surface area contributed by atoms with Crippen LogP contribution < -0.4 is 0 Å². The molecule has 3 fully saturated rings. The molecule has 10 heteroatoms. The number of aryl methyl sites for hydroxylation is 1. The van der Waals surface area contributed by atoms with Gasteiger partial charge in [-0.05, 0) is 38.5 Å². The Bertz CT molecular complexity index is 694. The van der Waals surface area contributed by atoms with Crippen molar-refractivity contribution in [1.29, 1.82) is 0 Å². The third-order valence-electron chi connectivity index (χ3n) is 6.11. The van der Waals surface area contributed by atoms with Crippen molar-refractivity contribution in [2.45, 2.75) is 76.4 Å². The summed E-state index contributed by atoms with van der Waals surface area (Å²) < 4.78 is 44.2. The SMILES string of the molecule is Cc1ncsc1CN1CCO[C@H]2[C@H](OCC3CCCC3)CC[C@@H]21.O=C(O)C(F)(F)F. The molecule has 6 nitrogen and oxygen atoms in total. The Balaban J connectivity index is 0.000000318. The van der Waals surface area contributed by atoms with Crippen LogP contribution in [0.4, 0.5) is 13.2 Å². The second-order valence-electron chi connectivity index (χ2n) is 8.14. The average Bonchev–Trinajstić information content (AvgIpc) is 3.42. The van der Waals surface area contributed by atoms with Gasteiger partial charge in [0, 0.05) is 30.6 Å². The monoisotopic (exact) mass is 450 g/mol. The summed E-state index contributed by atoms with van der Waals surface area (Å²) in [4.78, 5) is 17.3. The number of thiazole rings is 1. The first-order valence-corrected chi connectivity index (χ1v) is 11.3. The number of halogens is 3. The number of carboxylic acids is 1. The number of hydrogen-bond acceptors (Lipinski definition) is 6. The predicted molar refractivity (Wildman–Crippen MR) is 105 cm³/mol. The van der Waals surface area contributed by atoms with E-state index in [1.54, 1.807) is 11.3 Å². The minimum atomic E-state index is -5.08. The van der Waals surface area contributed by atoms with Gasteiger partial charge in [0.15, 0.2) is 0 Å². The van der Waals surface area contributed by atoms with E-state index in [-0.39, 0.29) is 6.10 Å². The van der Waals surface area contributed by atoms with Crippen molar-refractivity contribution in [3.8, 4) is 0 Å². The molecule has 0 bridgehead atoms. The fourth-order valence-electron chi connectivity index (χ4n) is 4.47. The Morgan fingerprint density at radius 3 is 2.63 bits per heavy atom. The summed E-state index contributed by atoms with van der Waals surface area (Å²) in [5.74, 6) is -1.96. The lowest BCUT2D eigenvalue weighted by Gasteiger charge is -2.39. The van der Waals surface area contributed by atoms with Crippen LogP contribution in [-0.2, 0) is 20.8 Å². The zero-order valence-electron chi connectivity index (χ0n) is 17.1. The molecule has 2 aliphatic carbocycles. The summed E-state index contributed by atoms with van der Waals surface area (Å²) in [5.41, 5.74) is 3.15. The van der Waals surface area contributed by atoms with Crippen LogP contribution in [0.25, 0.3) is 0 Å². The van der Waals surface area contributed by atoms with Crippen molar-refractivity contribution in [2.75, 3.05) is 19.8 Å². The summed E-state index contributed by atoms with van der Waals surface area (Å²) in [6, 6.07) is 0.527. The molecule has 1 saturated heterocycles. The van der Waals surface area contributed by atoms with Gasteiger partial charge in [-0.3, -0.25) is 4.90 Å². The maximum Gasteiger partial charge on any atom is 0.490 e. The van der Waals surface area contributed by atoms with Crippen LogP contribution >= 0.6 is 11.3 Å². The van der Waals surface area contributed by atoms with Crippen molar-refractivity contribution in [1.82, 2.24) is 9.88 Å². The molecule has 0 amide bonds. The van der Waals surface area contributed by atoms with Crippen LogP contribution in [0.5, 0.6) is 0 Å². The van der Waals surface area contributed by atoms with Crippen LogP contribution in [-0.4, -0.2) is 65.1 Å². The Hall–Kier alpha value is -1.23. The quantitative estimate of drug-likeness (QED) is 0.731. The molecule has 0 unspecified atom stereocenters. The number of carboxylic acid groups (broad SMARTS) is 1. The molecule has 2 saturated carbocycles. The molecular weight excluding hydrogens is 421 g/mol. The number of aromatic nitrogens is 1. The zero-order valence-corrected chi connectivity index (χ0v) is 17.9. The molecule has 3 atom stereocenters. The second kappa shape index (κ2) is 10.4. The Morgan fingerprint density at radius 2 is 2.03 bits per heavy atom. The maximum absolute atomic E-state index is 10.6. The Morgan fingerprint density at radius 1 is 1.33 bits per heavy atom. The molecule has 1 N–H and O–H groups in total. The van der Waals surface area contributed by atoms with E-state index in [9.17, 15) is 13.2 Å². The van der Waals surface area contributed by atoms with Crippen LogP contribution in [0.15, 0.2) is 5.51 Å². The first kappa shape index (κ1) is 23.4. The molecule has 0 radical (unpaired) electrons. The lowest BCUT2D eigenvalue weighted by molar-refractivity contribution is -0.192. The van der Waals surface area contributed by atoms with Gasteiger partial charge in [-0.25, -0.2) is 9.78 Å². The number of rotatable bonds is 5. The molecule has 1 aromatic rings. The number of alkyl halides is 3. The summed E-state index contributed by atoms with van der Waals surface area (Å²) in [5, 5.41) is 7.12. The van der Waals surface area contributed by atoms with E-state index >= 15 is 0 Å². The molecule has 1 aromatic heterocycles. The van der Waals surface area contributed by atoms with E-state index in [2.05, 4.69) is 16.8 Å². The number of nitrogens with zero attached hydrogens (tertiary/aromatic N) is 2. The third-order valence-corrected chi connectivity index (χ3v) is 7.03. The topological polar surface area (TPSA) is 71.9 Å². The summed E-state index contributed by atoms with van der Waals surface area (Å²) in [6.45, 7) is 5.96. The van der Waals surface area contributed by atoms with Gasteiger partial charge in [0.1, 0.15) is 0 Å². The molecule has 170 valence electrons. The summed E-state index contributed by atoms with van der Waals surface area (Å²) in [6.07, 6.45) is 3.37. The van der Waals surface area contributed by atoms with Crippen LogP contribution in [0.2, 0.25) is 0 Å². The van der Waals surface area contributed by atoms with Crippen LogP contribution in [0.3, 0.4) is 0 Å². The van der Waals surface area contributed by atoms with E-state index in [4.69, 9.17) is 19.4 Å². The highest BCUT2D eigenvalue weighted by atomic mass is 32.1. The number of fused-ring (bicyclic) bond motifs is 1. The van der Waals surface area contributed by atoms with Gasteiger partial charge < -0.3 is 14.6 Å². The summed E-state index contributed by atoms with van der Waals surface area (Å²) in [7, 11) is 0. The van der Waals surface area contributed by atoms with Gasteiger partial charge in [0.25, 0.3) is 0 Å². The van der Waals surface area contributed by atoms with E-state index in [0.717, 1.165) is 38.6 Å². The fraction of sp³-hybridized carbons (Fsp3) is 0.800. The molecule has 3 aliphatic rings. The van der Waals surface area contributed by atoms with E-state index in [1.807, 2.05) is 5.51 Å². The lowest BCUT2D eigenvalue weighted by atomic mass is 10.1. The van der Waals surface area contributed by atoms with Gasteiger partial charge in [-0.15, -0.1) is 11.3 Å². The number of aliphatic carboxylic acids is 1. The highest BCUT2D eigenvalue weighted by molar-refractivity contribution is 7.09. The van der Waals surface area contributed by atoms with E-state index < -0.39 is 12.1 Å². The highest BCUT2D eigenvalue weighted by Gasteiger charge is 2.43. The van der Waals surface area contributed by atoms with Gasteiger partial charge in [0.2, 0.25) is 0 Å². The predicted octanol–water partition coefficient (Wildman–Crippen LogP) is 4.02. The highest BCUT2D eigenvalue weighted by Crippen LogP contribution is 2.35. The van der Waals surface area contributed by atoms with Gasteiger partial charge in [0.05, 0.1) is 30.0 Å². The van der Waals surface area contributed by atoms with Crippen molar-refractivity contribution >= 4 is 17.3 Å². The van der Waals surface area contributed by atoms with Crippen molar-refractivity contribution in [2.24, 2.45) is 5.92 Å². The molecule has 30 heavy (non-hydrogen) atoms. The van der Waals surface area contributed by atoms with Crippen molar-refractivity contribution < 1.29 is 32.5 Å². The molecule has 2 heterocycles. The van der Waals surface area contributed by atoms with E-state index in [0.29, 0.717) is 12.1 Å². The first-order chi connectivity index (χ1) is 14.3. The normalized spacial score (nSPS) is 27.5. The number of carbonyl (C=O) groups is 1. The second-order valence-corrected chi connectivity index (χ2v) is 9.08. The Kier molecular flexibility index (Phi) is 8.11. The molecular formula is C20H29F3N2O4S. The van der Waals surface area contributed by atoms with Gasteiger partial charge >= 0.3 is 12.1 Å². The van der Waals surface area contributed by atoms with E-state index in [1.165, 1.54) is 42.7 Å². The van der Waals surface area contributed by atoms with Gasteiger partial charge in [-0.2, -0.15) is 13.2 Å². The van der Waals surface area contributed by atoms with Crippen LogP contribution in [0.1, 0.15) is 49.1 Å².